The van der Waals surface area contributed by atoms with Gasteiger partial charge in [-0.2, -0.15) is 0 Å². The van der Waals surface area contributed by atoms with Crippen LogP contribution in [0.15, 0.2) is 47.6 Å². The highest BCUT2D eigenvalue weighted by molar-refractivity contribution is 5.47. The molecule has 1 atom stereocenters. The van der Waals surface area contributed by atoms with E-state index in [-0.39, 0.29) is 0 Å². The van der Waals surface area contributed by atoms with Crippen molar-refractivity contribution in [2.24, 2.45) is 5.41 Å². The lowest BCUT2D eigenvalue weighted by atomic mass is 9.62. The second-order valence-electron chi connectivity index (χ2n) is 4.70. The van der Waals surface area contributed by atoms with E-state index in [0.717, 1.165) is 0 Å². The van der Waals surface area contributed by atoms with Crippen LogP contribution in [0, 0.1) is 11.8 Å². The summed E-state index contributed by atoms with van der Waals surface area (Å²) >= 11 is 0. The highest BCUT2D eigenvalue weighted by Gasteiger charge is 2.39. The molecule has 15 heavy (non-hydrogen) atoms. The van der Waals surface area contributed by atoms with E-state index in [0.29, 0.717) is 5.41 Å². The van der Waals surface area contributed by atoms with Crippen LogP contribution in [0.4, 0.5) is 0 Å². The van der Waals surface area contributed by atoms with Crippen molar-refractivity contribution >= 4 is 0 Å². The normalized spacial score (nSPS) is 33.6. The lowest BCUT2D eigenvalue weighted by Crippen LogP contribution is -2.29. The van der Waals surface area contributed by atoms with Crippen LogP contribution in [0.25, 0.3) is 0 Å². The first-order valence-electron chi connectivity index (χ1n) is 5.92. The molecule has 0 nitrogen and oxygen atoms in total. The SMILES string of the molecule is [C]1C=CC=C2CCCCC23CC=CC=C13. The number of allylic oxidation sites excluding steroid dienone is 8. The van der Waals surface area contributed by atoms with Crippen molar-refractivity contribution in [3.8, 4) is 0 Å². The average Bonchev–Trinajstić information content (AvgIpc) is 2.47. The highest BCUT2D eigenvalue weighted by Crippen LogP contribution is 2.52. The van der Waals surface area contributed by atoms with E-state index in [1.54, 1.807) is 5.57 Å². The van der Waals surface area contributed by atoms with Gasteiger partial charge in [0.25, 0.3) is 0 Å². The Balaban J connectivity index is 2.09. The van der Waals surface area contributed by atoms with Gasteiger partial charge in [-0.15, -0.1) is 0 Å². The van der Waals surface area contributed by atoms with Crippen molar-refractivity contribution in [3.63, 3.8) is 0 Å². The maximum Gasteiger partial charge on any atom is 0.0388 e. The Morgan fingerprint density at radius 3 is 3.13 bits per heavy atom. The van der Waals surface area contributed by atoms with Crippen LogP contribution in [0.5, 0.6) is 0 Å². The van der Waals surface area contributed by atoms with Gasteiger partial charge in [0.05, 0.1) is 0 Å². The summed E-state index contributed by atoms with van der Waals surface area (Å²) < 4.78 is 0. The van der Waals surface area contributed by atoms with E-state index in [1.165, 1.54) is 37.7 Å². The lowest BCUT2D eigenvalue weighted by Gasteiger charge is -2.42. The van der Waals surface area contributed by atoms with E-state index in [4.69, 9.17) is 0 Å². The third-order valence-electron chi connectivity index (χ3n) is 3.93. The third-order valence-corrected chi connectivity index (χ3v) is 3.93. The monoisotopic (exact) mass is 196 g/mol. The van der Waals surface area contributed by atoms with Crippen LogP contribution >= 0.6 is 0 Å². The van der Waals surface area contributed by atoms with Crippen molar-refractivity contribution in [2.45, 2.75) is 32.1 Å². The first-order valence-corrected chi connectivity index (χ1v) is 5.92. The van der Waals surface area contributed by atoms with Crippen LogP contribution in [-0.2, 0) is 0 Å². The molecule has 1 fully saturated rings. The van der Waals surface area contributed by atoms with Gasteiger partial charge < -0.3 is 0 Å². The summed E-state index contributed by atoms with van der Waals surface area (Å²) in [6.45, 7) is 0. The maximum atomic E-state index is 3.45. The summed E-state index contributed by atoms with van der Waals surface area (Å²) in [7, 11) is 0. The molecular formula is C15H16. The average molecular weight is 196 g/mol. The Morgan fingerprint density at radius 2 is 2.13 bits per heavy atom. The van der Waals surface area contributed by atoms with E-state index >= 15 is 0 Å². The van der Waals surface area contributed by atoms with Crippen LogP contribution in [-0.4, -0.2) is 0 Å². The minimum absolute atomic E-state index is 0.316. The molecule has 0 aromatic rings. The van der Waals surface area contributed by atoms with Gasteiger partial charge in [0.2, 0.25) is 0 Å². The third kappa shape index (κ3) is 1.35. The van der Waals surface area contributed by atoms with Gasteiger partial charge in [-0.25, -0.2) is 0 Å². The van der Waals surface area contributed by atoms with Gasteiger partial charge in [0, 0.05) is 11.8 Å². The fourth-order valence-electron chi connectivity index (χ4n) is 3.12. The Labute approximate surface area is 92.1 Å². The molecule has 2 radical (unpaired) electrons. The maximum absolute atomic E-state index is 3.45. The van der Waals surface area contributed by atoms with Crippen molar-refractivity contribution < 1.29 is 0 Å². The van der Waals surface area contributed by atoms with E-state index in [2.05, 4.69) is 42.9 Å². The molecule has 0 aromatic carbocycles. The van der Waals surface area contributed by atoms with E-state index in [1.807, 2.05) is 0 Å². The zero-order valence-electron chi connectivity index (χ0n) is 9.00. The molecule has 3 rings (SSSR count). The summed E-state index contributed by atoms with van der Waals surface area (Å²) in [5.74, 6) is 0. The molecule has 0 N–H and O–H groups in total. The largest absolute Gasteiger partial charge is 0.0833 e. The first-order chi connectivity index (χ1) is 7.42. The van der Waals surface area contributed by atoms with Gasteiger partial charge in [-0.1, -0.05) is 48.5 Å². The molecule has 1 unspecified atom stereocenters. The fraction of sp³-hybridized carbons (Fsp3) is 0.400. The predicted molar refractivity (Wildman–Crippen MR) is 63.2 cm³/mol. The van der Waals surface area contributed by atoms with Gasteiger partial charge in [0.1, 0.15) is 0 Å². The molecule has 0 aromatic heterocycles. The zero-order valence-corrected chi connectivity index (χ0v) is 9.00. The standard InChI is InChI=1S/C15H16/c1-2-8-14-10-4-6-12-15(14)11-5-3-9-13(15)7-1/h1-3,5,8-9H,4,6,10-12H2. The molecule has 0 aliphatic heterocycles. The molecule has 0 heteroatoms. The molecule has 3 aliphatic carbocycles. The topological polar surface area (TPSA) is 0 Å². The summed E-state index contributed by atoms with van der Waals surface area (Å²) in [6.07, 6.45) is 23.2. The number of hydrogen-bond acceptors (Lipinski definition) is 0. The molecule has 1 spiro atoms. The molecule has 0 bridgehead atoms. The Kier molecular flexibility index (Phi) is 2.16. The van der Waals surface area contributed by atoms with Crippen LogP contribution in [0.1, 0.15) is 32.1 Å². The van der Waals surface area contributed by atoms with Gasteiger partial charge in [-0.3, -0.25) is 0 Å². The number of rotatable bonds is 0. The zero-order chi connectivity index (χ0) is 10.1. The quantitative estimate of drug-likeness (QED) is 0.549. The molecule has 3 aliphatic rings. The van der Waals surface area contributed by atoms with E-state index in [9.17, 15) is 0 Å². The molecule has 0 amide bonds. The fourth-order valence-corrected chi connectivity index (χ4v) is 3.12. The molecule has 0 saturated heterocycles. The summed E-state index contributed by atoms with van der Waals surface area (Å²) in [5.41, 5.74) is 3.35. The lowest BCUT2D eigenvalue weighted by molar-refractivity contribution is 0.333. The van der Waals surface area contributed by atoms with Crippen LogP contribution in [0.2, 0.25) is 0 Å². The Morgan fingerprint density at radius 1 is 1.13 bits per heavy atom. The molecular weight excluding hydrogens is 180 g/mol. The van der Waals surface area contributed by atoms with Crippen molar-refractivity contribution in [2.75, 3.05) is 0 Å². The minimum atomic E-state index is 0.316. The molecule has 76 valence electrons. The van der Waals surface area contributed by atoms with Gasteiger partial charge >= 0.3 is 0 Å². The number of hydrogen-bond donors (Lipinski definition) is 0. The summed E-state index contributed by atoms with van der Waals surface area (Å²) in [5, 5.41) is 0. The Bertz CT molecular complexity index is 379. The highest BCUT2D eigenvalue weighted by atomic mass is 14.4. The van der Waals surface area contributed by atoms with Crippen LogP contribution < -0.4 is 0 Å². The van der Waals surface area contributed by atoms with Crippen molar-refractivity contribution in [1.29, 1.82) is 0 Å². The van der Waals surface area contributed by atoms with Crippen LogP contribution in [0.3, 0.4) is 0 Å². The Hall–Kier alpha value is -1.04. The van der Waals surface area contributed by atoms with Gasteiger partial charge in [-0.05, 0) is 31.3 Å². The summed E-state index contributed by atoms with van der Waals surface area (Å²) in [6, 6.07) is 0. The summed E-state index contributed by atoms with van der Waals surface area (Å²) in [4.78, 5) is 0. The second kappa shape index (κ2) is 3.52. The van der Waals surface area contributed by atoms with Gasteiger partial charge in [0.15, 0.2) is 0 Å². The predicted octanol–water partition coefficient (Wildman–Crippen LogP) is 4.01. The first kappa shape index (κ1) is 9.21. The van der Waals surface area contributed by atoms with Crippen molar-refractivity contribution in [3.05, 3.63) is 54.0 Å². The smallest absolute Gasteiger partial charge is 0.0388 e. The molecule has 0 heterocycles. The van der Waals surface area contributed by atoms with Crippen molar-refractivity contribution in [1.82, 2.24) is 0 Å². The van der Waals surface area contributed by atoms with E-state index < -0.39 is 0 Å². The second-order valence-corrected chi connectivity index (χ2v) is 4.70. The molecule has 1 saturated carbocycles. The minimum Gasteiger partial charge on any atom is -0.0833 e.